The summed E-state index contributed by atoms with van der Waals surface area (Å²) in [7, 11) is 1.69. The Kier molecular flexibility index (Phi) is 4.06. The summed E-state index contributed by atoms with van der Waals surface area (Å²) in [6.07, 6.45) is 3.40. The van der Waals surface area contributed by atoms with E-state index in [9.17, 15) is 14.0 Å². The number of fused-ring (bicyclic) bond motifs is 1. The predicted molar refractivity (Wildman–Crippen MR) is 83.1 cm³/mol. The highest BCUT2D eigenvalue weighted by atomic mass is 19.1. The summed E-state index contributed by atoms with van der Waals surface area (Å²) in [5.74, 6) is -1.48. The topological polar surface area (TPSA) is 62.3 Å². The molecule has 1 aliphatic heterocycles. The summed E-state index contributed by atoms with van der Waals surface area (Å²) >= 11 is 0. The Balaban J connectivity index is 1.83. The molecule has 0 unspecified atom stereocenters. The van der Waals surface area contributed by atoms with Gasteiger partial charge in [0.2, 0.25) is 11.8 Å². The normalized spacial score (nSPS) is 16.4. The third-order valence-electron chi connectivity index (χ3n) is 3.90. The summed E-state index contributed by atoms with van der Waals surface area (Å²) in [5, 5.41) is 2.62. The number of likely N-dealkylation sites (N-methyl/N-ethyl adjacent to an activating group) is 1. The minimum absolute atomic E-state index is 0.0676. The third-order valence-corrected chi connectivity index (χ3v) is 3.90. The third kappa shape index (κ3) is 3.21. The Bertz CT molecular complexity index is 749. The van der Waals surface area contributed by atoms with Crippen LogP contribution in [0, 0.1) is 5.82 Å². The number of aromatic nitrogens is 1. The number of rotatable bonds is 3. The lowest BCUT2D eigenvalue weighted by molar-refractivity contribution is -0.134. The average Bonchev–Trinajstić information content (AvgIpc) is 2.53. The van der Waals surface area contributed by atoms with E-state index < -0.39 is 11.7 Å². The van der Waals surface area contributed by atoms with Crippen LogP contribution in [0.15, 0.2) is 42.7 Å². The van der Waals surface area contributed by atoms with Crippen molar-refractivity contribution < 1.29 is 14.0 Å². The fraction of sp³-hybridized carbons (Fsp3) is 0.235. The monoisotopic (exact) mass is 313 g/mol. The van der Waals surface area contributed by atoms with E-state index in [1.54, 1.807) is 30.4 Å². The molecule has 1 aliphatic rings. The summed E-state index contributed by atoms with van der Waals surface area (Å²) < 4.78 is 13.3. The summed E-state index contributed by atoms with van der Waals surface area (Å²) in [5.41, 5.74) is 1.98. The van der Waals surface area contributed by atoms with E-state index in [1.165, 1.54) is 12.1 Å². The van der Waals surface area contributed by atoms with Crippen LogP contribution in [0.2, 0.25) is 0 Å². The number of carbonyl (C=O) groups excluding carboxylic acids is 2. The van der Waals surface area contributed by atoms with Crippen LogP contribution in [-0.2, 0) is 16.1 Å². The molecule has 3 rings (SSSR count). The van der Waals surface area contributed by atoms with Crippen molar-refractivity contribution >= 4 is 17.5 Å². The first kappa shape index (κ1) is 15.1. The lowest BCUT2D eigenvalue weighted by atomic mass is 9.89. The lowest BCUT2D eigenvalue weighted by Crippen LogP contribution is -2.36. The average molecular weight is 313 g/mol. The van der Waals surface area contributed by atoms with Gasteiger partial charge >= 0.3 is 0 Å². The van der Waals surface area contributed by atoms with Crippen LogP contribution in [0.4, 0.5) is 10.1 Å². The van der Waals surface area contributed by atoms with Gasteiger partial charge in [0.15, 0.2) is 0 Å². The number of benzene rings is 1. The molecule has 23 heavy (non-hydrogen) atoms. The first-order chi connectivity index (χ1) is 11.0. The number of carbonyl (C=O) groups is 2. The molecule has 0 fully saturated rings. The Morgan fingerprint density at radius 2 is 2.09 bits per heavy atom. The number of amides is 2. The fourth-order valence-electron chi connectivity index (χ4n) is 2.76. The van der Waals surface area contributed by atoms with E-state index in [0.29, 0.717) is 17.8 Å². The molecule has 118 valence electrons. The van der Waals surface area contributed by atoms with E-state index in [-0.39, 0.29) is 18.2 Å². The van der Waals surface area contributed by atoms with Gasteiger partial charge in [-0.2, -0.15) is 0 Å². The Hall–Kier alpha value is -2.76. The van der Waals surface area contributed by atoms with Crippen molar-refractivity contribution in [1.29, 1.82) is 0 Å². The summed E-state index contributed by atoms with van der Waals surface area (Å²) in [6, 6.07) is 7.78. The minimum atomic E-state index is -0.591. The van der Waals surface area contributed by atoms with Gasteiger partial charge in [-0.1, -0.05) is 6.07 Å². The highest BCUT2D eigenvalue weighted by molar-refractivity contribution is 6.01. The highest BCUT2D eigenvalue weighted by Gasteiger charge is 2.32. The van der Waals surface area contributed by atoms with Gasteiger partial charge in [-0.15, -0.1) is 0 Å². The maximum atomic E-state index is 13.3. The molecule has 0 spiro atoms. The van der Waals surface area contributed by atoms with E-state index in [0.717, 1.165) is 5.56 Å². The van der Waals surface area contributed by atoms with Crippen molar-refractivity contribution in [2.24, 2.45) is 0 Å². The second kappa shape index (κ2) is 6.16. The van der Waals surface area contributed by atoms with E-state index in [4.69, 9.17) is 0 Å². The van der Waals surface area contributed by atoms with Gasteiger partial charge in [-0.25, -0.2) is 4.39 Å². The Morgan fingerprint density at radius 3 is 2.83 bits per heavy atom. The molecule has 1 atom stereocenters. The summed E-state index contributed by atoms with van der Waals surface area (Å²) in [4.78, 5) is 30.1. The van der Waals surface area contributed by atoms with Crippen LogP contribution in [0.1, 0.15) is 23.5 Å². The predicted octanol–water partition coefficient (Wildman–Crippen LogP) is 2.31. The van der Waals surface area contributed by atoms with Gasteiger partial charge in [0, 0.05) is 38.1 Å². The van der Waals surface area contributed by atoms with Crippen molar-refractivity contribution in [2.75, 3.05) is 12.4 Å². The lowest BCUT2D eigenvalue weighted by Gasteiger charge is -2.28. The fourth-order valence-corrected chi connectivity index (χ4v) is 2.76. The molecular formula is C17H16FN3O2. The number of anilines is 1. The second-order valence-corrected chi connectivity index (χ2v) is 5.59. The molecule has 2 amide bonds. The zero-order chi connectivity index (χ0) is 16.4. The molecule has 0 aliphatic carbocycles. The molecular weight excluding hydrogens is 297 g/mol. The van der Waals surface area contributed by atoms with Gasteiger partial charge in [-0.3, -0.25) is 14.6 Å². The van der Waals surface area contributed by atoms with Crippen LogP contribution in [0.3, 0.4) is 0 Å². The smallest absolute Gasteiger partial charge is 0.230 e. The molecule has 0 radical (unpaired) electrons. The minimum Gasteiger partial charge on any atom is -0.341 e. The standard InChI is InChI=1S/C17H16FN3O2/c1-21(10-11-4-6-19-7-5-11)17(23)14-9-16(22)20-15-8-12(18)2-3-13(14)15/h2-8,14H,9-10H2,1H3,(H,20,22)/t14-/m0/s1. The van der Waals surface area contributed by atoms with Crippen molar-refractivity contribution in [2.45, 2.75) is 18.9 Å². The van der Waals surface area contributed by atoms with Gasteiger partial charge in [0.05, 0.1) is 5.92 Å². The van der Waals surface area contributed by atoms with Crippen LogP contribution < -0.4 is 5.32 Å². The SMILES string of the molecule is CN(Cc1ccncc1)C(=O)[C@H]1CC(=O)Nc2cc(F)ccc21. The number of hydrogen-bond acceptors (Lipinski definition) is 3. The number of halogens is 1. The van der Waals surface area contributed by atoms with Gasteiger partial charge in [-0.05, 0) is 35.4 Å². The first-order valence-corrected chi connectivity index (χ1v) is 7.28. The highest BCUT2D eigenvalue weighted by Crippen LogP contribution is 2.34. The number of nitrogens with zero attached hydrogens (tertiary/aromatic N) is 2. The maximum absolute atomic E-state index is 13.3. The van der Waals surface area contributed by atoms with Crippen molar-refractivity contribution in [3.63, 3.8) is 0 Å². The van der Waals surface area contributed by atoms with Gasteiger partial charge in [0.25, 0.3) is 0 Å². The molecule has 0 bridgehead atoms. The number of hydrogen-bond donors (Lipinski definition) is 1. The van der Waals surface area contributed by atoms with Crippen LogP contribution >= 0.6 is 0 Å². The maximum Gasteiger partial charge on any atom is 0.230 e. The molecule has 5 nitrogen and oxygen atoms in total. The molecule has 1 aromatic heterocycles. The van der Waals surface area contributed by atoms with Crippen LogP contribution in [0.5, 0.6) is 0 Å². The van der Waals surface area contributed by atoms with Gasteiger partial charge in [0.1, 0.15) is 5.82 Å². The molecule has 0 saturated carbocycles. The second-order valence-electron chi connectivity index (χ2n) is 5.59. The first-order valence-electron chi connectivity index (χ1n) is 7.28. The molecule has 6 heteroatoms. The zero-order valence-electron chi connectivity index (χ0n) is 12.6. The Labute approximate surface area is 133 Å². The van der Waals surface area contributed by atoms with E-state index >= 15 is 0 Å². The molecule has 2 aromatic rings. The zero-order valence-corrected chi connectivity index (χ0v) is 12.6. The number of pyridine rings is 1. The van der Waals surface area contributed by atoms with Crippen molar-refractivity contribution in [1.82, 2.24) is 9.88 Å². The van der Waals surface area contributed by atoms with Crippen LogP contribution in [0.25, 0.3) is 0 Å². The van der Waals surface area contributed by atoms with Crippen molar-refractivity contribution in [3.05, 3.63) is 59.7 Å². The molecule has 0 saturated heterocycles. The summed E-state index contributed by atoms with van der Waals surface area (Å²) in [6.45, 7) is 0.427. The molecule has 1 N–H and O–H groups in total. The molecule has 2 heterocycles. The van der Waals surface area contributed by atoms with Crippen molar-refractivity contribution in [3.8, 4) is 0 Å². The largest absolute Gasteiger partial charge is 0.341 e. The molecule has 1 aromatic carbocycles. The van der Waals surface area contributed by atoms with Crippen LogP contribution in [-0.4, -0.2) is 28.7 Å². The number of nitrogens with one attached hydrogen (secondary N) is 1. The van der Waals surface area contributed by atoms with Gasteiger partial charge < -0.3 is 10.2 Å². The van der Waals surface area contributed by atoms with E-state index in [1.807, 2.05) is 12.1 Å². The van der Waals surface area contributed by atoms with E-state index in [2.05, 4.69) is 10.3 Å². The Morgan fingerprint density at radius 1 is 1.35 bits per heavy atom. The quantitative estimate of drug-likeness (QED) is 0.946.